The highest BCUT2D eigenvalue weighted by Crippen LogP contribution is 2.30. The van der Waals surface area contributed by atoms with Gasteiger partial charge in [0.25, 0.3) is 0 Å². The predicted octanol–water partition coefficient (Wildman–Crippen LogP) is 5.12. The van der Waals surface area contributed by atoms with Crippen LogP contribution >= 0.6 is 0 Å². The van der Waals surface area contributed by atoms with Gasteiger partial charge in [0.05, 0.1) is 12.7 Å². The fraction of sp³-hybridized carbons (Fsp3) is 0.435. The Kier molecular flexibility index (Phi) is 7.02. The molecule has 0 aromatic heterocycles. The normalized spacial score (nSPS) is 15.8. The van der Waals surface area contributed by atoms with Gasteiger partial charge in [0.2, 0.25) is 5.91 Å². The highest BCUT2D eigenvalue weighted by molar-refractivity contribution is 5.94. The van der Waals surface area contributed by atoms with Gasteiger partial charge in [-0.05, 0) is 42.7 Å². The van der Waals surface area contributed by atoms with Crippen LogP contribution in [0, 0.1) is 0 Å². The highest BCUT2D eigenvalue weighted by Gasteiger charge is 2.31. The number of ether oxygens (including phenoxy) is 1. The van der Waals surface area contributed by atoms with Crippen molar-refractivity contribution in [1.29, 1.82) is 0 Å². The van der Waals surface area contributed by atoms with E-state index in [-0.39, 0.29) is 11.9 Å². The van der Waals surface area contributed by atoms with E-state index in [2.05, 4.69) is 4.90 Å². The maximum Gasteiger partial charge on any atom is 0.416 e. The summed E-state index contributed by atoms with van der Waals surface area (Å²) in [4.78, 5) is 16.8. The molecule has 0 radical (unpaired) electrons. The minimum absolute atomic E-state index is 0.0736. The van der Waals surface area contributed by atoms with E-state index in [1.807, 2.05) is 36.1 Å². The molecule has 4 nitrogen and oxygen atoms in total. The average Bonchev–Trinajstić information content (AvgIpc) is 2.75. The largest absolute Gasteiger partial charge is 0.497 e. The molecule has 0 unspecified atom stereocenters. The third-order valence-corrected chi connectivity index (χ3v) is 5.51. The number of alkyl halides is 3. The van der Waals surface area contributed by atoms with Gasteiger partial charge in [0, 0.05) is 43.9 Å². The third-order valence-electron chi connectivity index (χ3n) is 5.51. The van der Waals surface area contributed by atoms with E-state index in [1.165, 1.54) is 12.1 Å². The van der Waals surface area contributed by atoms with E-state index in [1.54, 1.807) is 7.11 Å². The lowest BCUT2D eigenvalue weighted by molar-refractivity contribution is -0.137. The SMILES string of the molecule is CCC(=O)N(c1cccc(OC)c1)C1CCN(Cc2ccc(C(F)(F)F)cc2)CC1. The van der Waals surface area contributed by atoms with Crippen LogP contribution in [-0.2, 0) is 17.5 Å². The lowest BCUT2D eigenvalue weighted by Crippen LogP contribution is -2.47. The molecule has 0 bridgehead atoms. The van der Waals surface area contributed by atoms with Gasteiger partial charge in [-0.25, -0.2) is 0 Å². The standard InChI is InChI=1S/C23H27F3N2O2/c1-3-22(29)28(20-5-4-6-21(15-20)30-2)19-11-13-27(14-12-19)16-17-7-9-18(10-8-17)23(24,25)26/h4-10,15,19H,3,11-14,16H2,1-2H3. The molecule has 1 saturated heterocycles. The zero-order valence-corrected chi connectivity index (χ0v) is 17.3. The Balaban J connectivity index is 1.64. The van der Waals surface area contributed by atoms with Crippen molar-refractivity contribution in [3.05, 3.63) is 59.7 Å². The molecular weight excluding hydrogens is 393 g/mol. The van der Waals surface area contributed by atoms with Gasteiger partial charge in [-0.3, -0.25) is 9.69 Å². The minimum atomic E-state index is -4.31. The van der Waals surface area contributed by atoms with Crippen molar-refractivity contribution >= 4 is 11.6 Å². The number of nitrogens with zero attached hydrogens (tertiary/aromatic N) is 2. The molecule has 7 heteroatoms. The molecule has 0 N–H and O–H groups in total. The monoisotopic (exact) mass is 420 g/mol. The van der Waals surface area contributed by atoms with Crippen molar-refractivity contribution < 1.29 is 22.7 Å². The van der Waals surface area contributed by atoms with Crippen LogP contribution in [-0.4, -0.2) is 37.0 Å². The van der Waals surface area contributed by atoms with Gasteiger partial charge in [-0.2, -0.15) is 13.2 Å². The number of hydrogen-bond donors (Lipinski definition) is 0. The second kappa shape index (κ2) is 9.51. The summed E-state index contributed by atoms with van der Waals surface area (Å²) in [6.45, 7) is 4.02. The Morgan fingerprint density at radius 3 is 2.37 bits per heavy atom. The number of halogens is 3. The topological polar surface area (TPSA) is 32.8 Å². The molecule has 1 heterocycles. The van der Waals surface area contributed by atoms with E-state index < -0.39 is 11.7 Å². The van der Waals surface area contributed by atoms with Crippen LogP contribution < -0.4 is 9.64 Å². The number of carbonyl (C=O) groups excluding carboxylic acids is 1. The van der Waals surface area contributed by atoms with Gasteiger partial charge in [-0.1, -0.05) is 25.1 Å². The predicted molar refractivity (Wildman–Crippen MR) is 111 cm³/mol. The van der Waals surface area contributed by atoms with Gasteiger partial charge in [-0.15, -0.1) is 0 Å². The number of hydrogen-bond acceptors (Lipinski definition) is 3. The van der Waals surface area contributed by atoms with Crippen molar-refractivity contribution in [3.63, 3.8) is 0 Å². The molecule has 1 amide bonds. The second-order valence-electron chi connectivity index (χ2n) is 7.52. The molecule has 2 aromatic rings. The Bertz CT molecular complexity index is 844. The van der Waals surface area contributed by atoms with Gasteiger partial charge >= 0.3 is 6.18 Å². The molecule has 0 saturated carbocycles. The summed E-state index contributed by atoms with van der Waals surface area (Å²) in [6.07, 6.45) is -2.28. The quantitative estimate of drug-likeness (QED) is 0.650. The Labute approximate surface area is 175 Å². The number of rotatable bonds is 6. The van der Waals surface area contributed by atoms with Crippen LogP contribution in [0.5, 0.6) is 5.75 Å². The summed E-state index contributed by atoms with van der Waals surface area (Å²) in [7, 11) is 1.60. The summed E-state index contributed by atoms with van der Waals surface area (Å²) in [6, 6.07) is 13.0. The molecular formula is C23H27F3N2O2. The molecule has 0 spiro atoms. The first kappa shape index (κ1) is 22.2. The Hall–Kier alpha value is -2.54. The molecule has 2 aromatic carbocycles. The summed E-state index contributed by atoms with van der Waals surface area (Å²) in [5.74, 6) is 0.783. The molecule has 162 valence electrons. The van der Waals surface area contributed by atoms with Crippen LogP contribution in [0.2, 0.25) is 0 Å². The Morgan fingerprint density at radius 2 is 1.80 bits per heavy atom. The van der Waals surface area contributed by atoms with E-state index in [4.69, 9.17) is 4.74 Å². The van der Waals surface area contributed by atoms with E-state index in [9.17, 15) is 18.0 Å². The zero-order valence-electron chi connectivity index (χ0n) is 17.3. The highest BCUT2D eigenvalue weighted by atomic mass is 19.4. The molecule has 30 heavy (non-hydrogen) atoms. The molecule has 1 aliphatic rings. The zero-order chi connectivity index (χ0) is 21.7. The summed E-state index contributed by atoms with van der Waals surface area (Å²) < 4.78 is 43.5. The maximum absolute atomic E-state index is 12.7. The fourth-order valence-corrected chi connectivity index (χ4v) is 3.88. The molecule has 3 rings (SSSR count). The number of amides is 1. The third kappa shape index (κ3) is 5.33. The average molecular weight is 420 g/mol. The number of benzene rings is 2. The van der Waals surface area contributed by atoms with Crippen molar-refractivity contribution in [2.24, 2.45) is 0 Å². The first-order valence-electron chi connectivity index (χ1n) is 10.2. The summed E-state index contributed by atoms with van der Waals surface area (Å²) >= 11 is 0. The number of likely N-dealkylation sites (tertiary alicyclic amines) is 1. The number of piperidine rings is 1. The van der Waals surface area contributed by atoms with Gasteiger partial charge in [0.1, 0.15) is 5.75 Å². The number of carbonyl (C=O) groups is 1. The Morgan fingerprint density at radius 1 is 1.13 bits per heavy atom. The lowest BCUT2D eigenvalue weighted by atomic mass is 10.0. The second-order valence-corrected chi connectivity index (χ2v) is 7.52. The molecule has 1 aliphatic heterocycles. The molecule has 0 atom stereocenters. The van der Waals surface area contributed by atoms with E-state index >= 15 is 0 Å². The first-order chi connectivity index (χ1) is 14.3. The maximum atomic E-state index is 12.7. The van der Waals surface area contributed by atoms with Crippen LogP contribution in [0.15, 0.2) is 48.5 Å². The van der Waals surface area contributed by atoms with Crippen molar-refractivity contribution in [2.45, 2.75) is 44.9 Å². The summed E-state index contributed by atoms with van der Waals surface area (Å²) in [5, 5.41) is 0. The minimum Gasteiger partial charge on any atom is -0.497 e. The van der Waals surface area contributed by atoms with Gasteiger partial charge in [0.15, 0.2) is 0 Å². The van der Waals surface area contributed by atoms with Crippen LogP contribution in [0.4, 0.5) is 18.9 Å². The van der Waals surface area contributed by atoms with E-state index in [0.29, 0.717) is 18.7 Å². The van der Waals surface area contributed by atoms with Crippen molar-refractivity contribution in [2.75, 3.05) is 25.1 Å². The van der Waals surface area contributed by atoms with Crippen molar-refractivity contribution in [3.8, 4) is 5.75 Å². The first-order valence-corrected chi connectivity index (χ1v) is 10.2. The van der Waals surface area contributed by atoms with Crippen LogP contribution in [0.1, 0.15) is 37.3 Å². The van der Waals surface area contributed by atoms with Crippen LogP contribution in [0.25, 0.3) is 0 Å². The van der Waals surface area contributed by atoms with E-state index in [0.717, 1.165) is 49.3 Å². The number of anilines is 1. The molecule has 0 aliphatic carbocycles. The summed E-state index contributed by atoms with van der Waals surface area (Å²) in [5.41, 5.74) is 1.06. The molecule has 1 fully saturated rings. The fourth-order valence-electron chi connectivity index (χ4n) is 3.88. The van der Waals surface area contributed by atoms with Crippen LogP contribution in [0.3, 0.4) is 0 Å². The smallest absolute Gasteiger partial charge is 0.416 e. The lowest BCUT2D eigenvalue weighted by Gasteiger charge is -2.38. The van der Waals surface area contributed by atoms with Gasteiger partial charge < -0.3 is 9.64 Å². The number of methoxy groups -OCH3 is 1. The van der Waals surface area contributed by atoms with Crippen molar-refractivity contribution in [1.82, 2.24) is 4.90 Å².